The molecule has 23 heavy (non-hydrogen) atoms. The third-order valence-corrected chi connectivity index (χ3v) is 4.38. The molecule has 1 aliphatic heterocycles. The molecule has 0 radical (unpaired) electrons. The second-order valence-electron chi connectivity index (χ2n) is 5.72. The van der Waals surface area contributed by atoms with Gasteiger partial charge in [0.15, 0.2) is 0 Å². The molecule has 4 rings (SSSR count). The predicted molar refractivity (Wildman–Crippen MR) is 88.0 cm³/mol. The van der Waals surface area contributed by atoms with Gasteiger partial charge in [-0.3, -0.25) is 4.79 Å². The maximum absolute atomic E-state index is 12.5. The maximum Gasteiger partial charge on any atom is 0.257 e. The lowest BCUT2D eigenvalue weighted by Crippen LogP contribution is -2.34. The van der Waals surface area contributed by atoms with Gasteiger partial charge in [0, 0.05) is 36.4 Å². The Bertz CT molecular complexity index is 904. The molecule has 0 spiro atoms. The van der Waals surface area contributed by atoms with Crippen LogP contribution in [0.15, 0.2) is 47.3 Å². The van der Waals surface area contributed by atoms with E-state index in [9.17, 15) is 4.79 Å². The van der Waals surface area contributed by atoms with Crippen LogP contribution in [0.3, 0.4) is 0 Å². The van der Waals surface area contributed by atoms with E-state index in [1.54, 1.807) is 18.5 Å². The fourth-order valence-corrected chi connectivity index (χ4v) is 3.10. The molecule has 116 valence electrons. The summed E-state index contributed by atoms with van der Waals surface area (Å²) in [6.07, 6.45) is 8.32. The highest BCUT2D eigenvalue weighted by molar-refractivity contribution is 5.96. The first-order valence-electron chi connectivity index (χ1n) is 7.69. The minimum atomic E-state index is 0.0344. The van der Waals surface area contributed by atoms with Crippen molar-refractivity contribution in [3.63, 3.8) is 0 Å². The molecule has 3 aromatic heterocycles. The van der Waals surface area contributed by atoms with E-state index in [4.69, 9.17) is 4.42 Å². The van der Waals surface area contributed by atoms with Gasteiger partial charge in [-0.25, -0.2) is 4.98 Å². The highest BCUT2D eigenvalue weighted by Gasteiger charge is 2.22. The van der Waals surface area contributed by atoms with Gasteiger partial charge in [0.25, 0.3) is 5.91 Å². The SMILES string of the molecule is Cc1occc1C(=O)N1CC=C(c2c[nH]c3ncccc23)CC1. The van der Waals surface area contributed by atoms with Crippen LogP contribution in [0.25, 0.3) is 16.6 Å². The molecule has 0 aliphatic carbocycles. The number of rotatable bonds is 2. The molecule has 0 fully saturated rings. The molecule has 1 amide bonds. The normalized spacial score (nSPS) is 15.0. The minimum Gasteiger partial charge on any atom is -0.469 e. The number of pyridine rings is 1. The number of aromatic nitrogens is 2. The first-order valence-corrected chi connectivity index (χ1v) is 7.69. The molecule has 3 aromatic rings. The average Bonchev–Trinajstić information content (AvgIpc) is 3.20. The molecule has 0 unspecified atom stereocenters. The highest BCUT2D eigenvalue weighted by atomic mass is 16.3. The lowest BCUT2D eigenvalue weighted by Gasteiger charge is -2.26. The van der Waals surface area contributed by atoms with Gasteiger partial charge < -0.3 is 14.3 Å². The van der Waals surface area contributed by atoms with E-state index < -0.39 is 0 Å². The third-order valence-electron chi connectivity index (χ3n) is 4.38. The van der Waals surface area contributed by atoms with Crippen LogP contribution in [0, 0.1) is 6.92 Å². The van der Waals surface area contributed by atoms with Crippen molar-refractivity contribution in [2.75, 3.05) is 13.1 Å². The van der Waals surface area contributed by atoms with Gasteiger partial charge in [0.2, 0.25) is 0 Å². The van der Waals surface area contributed by atoms with Crippen molar-refractivity contribution < 1.29 is 9.21 Å². The summed E-state index contributed by atoms with van der Waals surface area (Å²) < 4.78 is 5.23. The Morgan fingerprint density at radius 2 is 2.30 bits per heavy atom. The van der Waals surface area contributed by atoms with Gasteiger partial charge in [0.1, 0.15) is 11.4 Å². The van der Waals surface area contributed by atoms with Crippen molar-refractivity contribution in [1.82, 2.24) is 14.9 Å². The lowest BCUT2D eigenvalue weighted by molar-refractivity contribution is 0.0771. The fraction of sp³-hybridized carbons (Fsp3) is 0.222. The second-order valence-corrected chi connectivity index (χ2v) is 5.72. The largest absolute Gasteiger partial charge is 0.469 e. The van der Waals surface area contributed by atoms with Gasteiger partial charge in [-0.15, -0.1) is 0 Å². The smallest absolute Gasteiger partial charge is 0.257 e. The summed E-state index contributed by atoms with van der Waals surface area (Å²) in [4.78, 5) is 21.9. The standard InChI is InChI=1S/C18H17N3O2/c1-12-14(6-10-23-12)18(22)21-8-4-13(5-9-21)16-11-20-17-15(16)3-2-7-19-17/h2-4,6-7,10-11H,5,8-9H2,1H3,(H,19,20). The van der Waals surface area contributed by atoms with Gasteiger partial charge >= 0.3 is 0 Å². The zero-order valence-corrected chi connectivity index (χ0v) is 12.9. The molecule has 5 heteroatoms. The van der Waals surface area contributed by atoms with Gasteiger partial charge in [-0.05, 0) is 37.1 Å². The van der Waals surface area contributed by atoms with E-state index in [1.165, 1.54) is 11.1 Å². The molecule has 1 N–H and O–H groups in total. The van der Waals surface area contributed by atoms with Crippen LogP contribution in [0.2, 0.25) is 0 Å². The van der Waals surface area contributed by atoms with Crippen molar-refractivity contribution in [2.24, 2.45) is 0 Å². The van der Waals surface area contributed by atoms with Crippen LogP contribution in [-0.2, 0) is 0 Å². The molecule has 0 aromatic carbocycles. The van der Waals surface area contributed by atoms with Crippen LogP contribution in [0.5, 0.6) is 0 Å². The molecule has 0 bridgehead atoms. The Morgan fingerprint density at radius 1 is 1.39 bits per heavy atom. The van der Waals surface area contributed by atoms with E-state index in [0.717, 1.165) is 17.5 Å². The molecule has 0 saturated heterocycles. The first-order chi connectivity index (χ1) is 11.2. The molecule has 1 aliphatic rings. The summed E-state index contributed by atoms with van der Waals surface area (Å²) >= 11 is 0. The molecular weight excluding hydrogens is 290 g/mol. The van der Waals surface area contributed by atoms with Gasteiger partial charge in [0.05, 0.1) is 11.8 Å². The number of nitrogens with zero attached hydrogens (tertiary/aromatic N) is 2. The summed E-state index contributed by atoms with van der Waals surface area (Å²) in [6.45, 7) is 3.14. The summed E-state index contributed by atoms with van der Waals surface area (Å²) in [5, 5.41) is 1.13. The number of fused-ring (bicyclic) bond motifs is 1. The van der Waals surface area contributed by atoms with E-state index in [-0.39, 0.29) is 5.91 Å². The monoisotopic (exact) mass is 307 g/mol. The van der Waals surface area contributed by atoms with Crippen molar-refractivity contribution in [3.05, 3.63) is 59.8 Å². The number of furan rings is 1. The van der Waals surface area contributed by atoms with Crippen molar-refractivity contribution in [1.29, 1.82) is 0 Å². The number of carbonyl (C=O) groups excluding carboxylic acids is 1. The second kappa shape index (κ2) is 5.43. The van der Waals surface area contributed by atoms with Crippen LogP contribution in [-0.4, -0.2) is 33.9 Å². The number of hydrogen-bond donors (Lipinski definition) is 1. The first kappa shape index (κ1) is 13.8. The Hall–Kier alpha value is -2.82. The third kappa shape index (κ3) is 2.34. The summed E-state index contributed by atoms with van der Waals surface area (Å²) in [5.74, 6) is 0.708. The lowest BCUT2D eigenvalue weighted by atomic mass is 9.99. The minimum absolute atomic E-state index is 0.0344. The average molecular weight is 307 g/mol. The Kier molecular flexibility index (Phi) is 3.26. The van der Waals surface area contributed by atoms with E-state index in [2.05, 4.69) is 22.1 Å². The number of nitrogens with one attached hydrogen (secondary N) is 1. The number of hydrogen-bond acceptors (Lipinski definition) is 3. The van der Waals surface area contributed by atoms with Crippen LogP contribution in [0.1, 0.15) is 28.1 Å². The summed E-state index contributed by atoms with van der Waals surface area (Å²) in [5.41, 5.74) is 3.99. The highest BCUT2D eigenvalue weighted by Crippen LogP contribution is 2.28. The van der Waals surface area contributed by atoms with Crippen LogP contribution >= 0.6 is 0 Å². The summed E-state index contributed by atoms with van der Waals surface area (Å²) in [6, 6.07) is 5.75. The van der Waals surface area contributed by atoms with Crippen molar-refractivity contribution >= 4 is 22.5 Å². The van der Waals surface area contributed by atoms with Crippen molar-refractivity contribution in [3.8, 4) is 0 Å². The van der Waals surface area contributed by atoms with E-state index >= 15 is 0 Å². The molecule has 0 saturated carbocycles. The van der Waals surface area contributed by atoms with Crippen LogP contribution < -0.4 is 0 Å². The van der Waals surface area contributed by atoms with Gasteiger partial charge in [-0.1, -0.05) is 6.08 Å². The summed E-state index contributed by atoms with van der Waals surface area (Å²) in [7, 11) is 0. The Labute approximate surface area is 133 Å². The molecule has 0 atom stereocenters. The molecule has 5 nitrogen and oxygen atoms in total. The fourth-order valence-electron chi connectivity index (χ4n) is 3.10. The molecule has 4 heterocycles. The number of H-pyrrole nitrogens is 1. The maximum atomic E-state index is 12.5. The van der Waals surface area contributed by atoms with Gasteiger partial charge in [-0.2, -0.15) is 0 Å². The van der Waals surface area contributed by atoms with Crippen molar-refractivity contribution in [2.45, 2.75) is 13.3 Å². The number of aryl methyl sites for hydroxylation is 1. The zero-order valence-electron chi connectivity index (χ0n) is 12.9. The van der Waals surface area contributed by atoms with Crippen LogP contribution in [0.4, 0.5) is 0 Å². The van der Waals surface area contributed by atoms with E-state index in [1.807, 2.05) is 24.1 Å². The quantitative estimate of drug-likeness (QED) is 0.789. The number of amides is 1. The Balaban J connectivity index is 1.58. The predicted octanol–water partition coefficient (Wildman–Crippen LogP) is 3.39. The number of carbonyl (C=O) groups is 1. The Morgan fingerprint density at radius 3 is 3.04 bits per heavy atom. The van der Waals surface area contributed by atoms with E-state index in [0.29, 0.717) is 24.4 Å². The molecular formula is C18H17N3O2. The number of aromatic amines is 1. The zero-order chi connectivity index (χ0) is 15.8. The topological polar surface area (TPSA) is 62.1 Å².